The molecule has 0 spiro atoms. The van der Waals surface area contributed by atoms with Crippen LogP contribution >= 0.6 is 0 Å². The largest absolute Gasteiger partial charge is 0.492 e. The molecule has 3 nitrogen and oxygen atoms in total. The first-order chi connectivity index (χ1) is 8.11. The highest BCUT2D eigenvalue weighted by Crippen LogP contribution is 2.32. The van der Waals surface area contributed by atoms with Crippen LogP contribution in [-0.2, 0) is 0 Å². The fourth-order valence-electron chi connectivity index (χ4n) is 1.95. The highest BCUT2D eigenvalue weighted by atomic mass is 16.5. The van der Waals surface area contributed by atoms with Gasteiger partial charge < -0.3 is 10.5 Å². The third kappa shape index (κ3) is 2.86. The van der Waals surface area contributed by atoms with E-state index in [-0.39, 0.29) is 12.3 Å². The van der Waals surface area contributed by atoms with Crippen molar-refractivity contribution >= 4 is 5.78 Å². The molecule has 1 aromatic carbocycles. The summed E-state index contributed by atoms with van der Waals surface area (Å²) >= 11 is 0. The summed E-state index contributed by atoms with van der Waals surface area (Å²) in [4.78, 5) is 11.8. The van der Waals surface area contributed by atoms with Gasteiger partial charge in [0.25, 0.3) is 0 Å². The second-order valence-electron chi connectivity index (χ2n) is 4.84. The van der Waals surface area contributed by atoms with Gasteiger partial charge in [-0.15, -0.1) is 0 Å². The molecule has 0 heterocycles. The van der Waals surface area contributed by atoms with Gasteiger partial charge in [0.05, 0.1) is 18.7 Å². The van der Waals surface area contributed by atoms with E-state index >= 15 is 0 Å². The van der Waals surface area contributed by atoms with E-state index in [1.54, 1.807) is 0 Å². The molecule has 0 unspecified atom stereocenters. The molecule has 17 heavy (non-hydrogen) atoms. The van der Waals surface area contributed by atoms with Crippen molar-refractivity contribution in [1.82, 2.24) is 0 Å². The Morgan fingerprint density at radius 1 is 1.41 bits per heavy atom. The van der Waals surface area contributed by atoms with Gasteiger partial charge in [0.1, 0.15) is 5.75 Å². The van der Waals surface area contributed by atoms with Crippen molar-refractivity contribution in [2.75, 3.05) is 13.2 Å². The van der Waals surface area contributed by atoms with Gasteiger partial charge in [0.2, 0.25) is 0 Å². The van der Waals surface area contributed by atoms with Crippen molar-refractivity contribution in [2.24, 2.45) is 11.7 Å². The van der Waals surface area contributed by atoms with Crippen LogP contribution in [0.5, 0.6) is 5.75 Å². The number of ether oxygens (including phenoxy) is 1. The van der Waals surface area contributed by atoms with E-state index in [4.69, 9.17) is 10.5 Å². The smallest absolute Gasteiger partial charge is 0.180 e. The zero-order valence-electron chi connectivity index (χ0n) is 10.5. The van der Waals surface area contributed by atoms with Gasteiger partial charge in [-0.3, -0.25) is 4.79 Å². The Hall–Kier alpha value is -1.35. The van der Waals surface area contributed by atoms with E-state index in [1.807, 2.05) is 26.0 Å². The maximum Gasteiger partial charge on any atom is 0.180 e. The standard InChI is InChI=1S/C14H19NO2/c1-9-5-10(2)14(17-8-11-3-4-11)12(6-9)13(16)7-15/h5-6,11H,3-4,7-8,15H2,1-2H3. The zero-order valence-corrected chi connectivity index (χ0v) is 10.5. The molecule has 2 rings (SSSR count). The van der Waals surface area contributed by atoms with Gasteiger partial charge in [-0.25, -0.2) is 0 Å². The second-order valence-corrected chi connectivity index (χ2v) is 4.84. The average molecular weight is 233 g/mol. The van der Waals surface area contributed by atoms with Gasteiger partial charge in [0, 0.05) is 0 Å². The molecule has 0 aromatic heterocycles. The number of Topliss-reactive ketones (excluding diaryl/α,β-unsaturated/α-hetero) is 1. The van der Waals surface area contributed by atoms with Crippen molar-refractivity contribution in [2.45, 2.75) is 26.7 Å². The lowest BCUT2D eigenvalue weighted by molar-refractivity contribution is 0.0997. The highest BCUT2D eigenvalue weighted by Gasteiger charge is 2.23. The van der Waals surface area contributed by atoms with Crippen LogP contribution in [0.15, 0.2) is 12.1 Å². The summed E-state index contributed by atoms with van der Waals surface area (Å²) < 4.78 is 5.79. The Morgan fingerprint density at radius 2 is 2.12 bits per heavy atom. The maximum atomic E-state index is 11.8. The Kier molecular flexibility index (Phi) is 3.48. The molecule has 0 amide bonds. The predicted molar refractivity (Wildman–Crippen MR) is 67.5 cm³/mol. The van der Waals surface area contributed by atoms with Crippen LogP contribution in [-0.4, -0.2) is 18.9 Å². The molecule has 1 aromatic rings. The number of carbonyl (C=O) groups excluding carboxylic acids is 1. The number of benzene rings is 1. The summed E-state index contributed by atoms with van der Waals surface area (Å²) in [5.41, 5.74) is 8.15. The van der Waals surface area contributed by atoms with Crippen molar-refractivity contribution < 1.29 is 9.53 Å². The molecule has 1 aliphatic carbocycles. The summed E-state index contributed by atoms with van der Waals surface area (Å²) in [5, 5.41) is 0. The summed E-state index contributed by atoms with van der Waals surface area (Å²) in [6.45, 7) is 4.70. The predicted octanol–water partition coefficient (Wildman–Crippen LogP) is 2.23. The molecule has 2 N–H and O–H groups in total. The minimum absolute atomic E-state index is 0.0304. The number of aryl methyl sites for hydroxylation is 2. The van der Waals surface area contributed by atoms with Crippen molar-refractivity contribution in [3.05, 3.63) is 28.8 Å². The Balaban J connectivity index is 2.28. The number of hydrogen-bond donors (Lipinski definition) is 1. The van der Waals surface area contributed by atoms with E-state index in [9.17, 15) is 4.79 Å². The van der Waals surface area contributed by atoms with Crippen LogP contribution in [0.3, 0.4) is 0 Å². The number of nitrogens with two attached hydrogens (primary N) is 1. The molecular weight excluding hydrogens is 214 g/mol. The normalized spacial score (nSPS) is 14.8. The van der Waals surface area contributed by atoms with Crippen LogP contribution in [0.25, 0.3) is 0 Å². The Labute approximate surface area is 102 Å². The molecule has 3 heteroatoms. The average Bonchev–Trinajstić information content (AvgIpc) is 3.09. The van der Waals surface area contributed by atoms with Gasteiger partial charge in [-0.1, -0.05) is 6.07 Å². The molecule has 0 atom stereocenters. The first-order valence-electron chi connectivity index (χ1n) is 6.09. The quantitative estimate of drug-likeness (QED) is 0.793. The second kappa shape index (κ2) is 4.88. The molecular formula is C14H19NO2. The minimum Gasteiger partial charge on any atom is -0.492 e. The van der Waals surface area contributed by atoms with Gasteiger partial charge in [0.15, 0.2) is 5.78 Å². The van der Waals surface area contributed by atoms with E-state index in [1.165, 1.54) is 12.8 Å². The number of hydrogen-bond acceptors (Lipinski definition) is 3. The third-order valence-corrected chi connectivity index (χ3v) is 3.07. The molecule has 1 aliphatic rings. The lowest BCUT2D eigenvalue weighted by Crippen LogP contribution is -2.16. The Morgan fingerprint density at radius 3 is 2.71 bits per heavy atom. The van der Waals surface area contributed by atoms with E-state index < -0.39 is 0 Å². The fourth-order valence-corrected chi connectivity index (χ4v) is 1.95. The number of ketones is 1. The molecule has 1 saturated carbocycles. The first kappa shape index (κ1) is 12.1. The summed E-state index contributed by atoms with van der Waals surface area (Å²) in [5.74, 6) is 1.34. The topological polar surface area (TPSA) is 52.3 Å². The first-order valence-corrected chi connectivity index (χ1v) is 6.09. The van der Waals surface area contributed by atoms with Gasteiger partial charge in [-0.05, 0) is 49.8 Å². The van der Waals surface area contributed by atoms with Gasteiger partial charge >= 0.3 is 0 Å². The summed E-state index contributed by atoms with van der Waals surface area (Å²) in [6.07, 6.45) is 2.48. The van der Waals surface area contributed by atoms with Crippen LogP contribution in [0.2, 0.25) is 0 Å². The summed E-state index contributed by atoms with van der Waals surface area (Å²) in [7, 11) is 0. The number of carbonyl (C=O) groups is 1. The minimum atomic E-state index is -0.0532. The van der Waals surface area contributed by atoms with Crippen LogP contribution in [0.4, 0.5) is 0 Å². The SMILES string of the molecule is Cc1cc(C)c(OCC2CC2)c(C(=O)CN)c1. The molecule has 1 fully saturated rings. The van der Waals surface area contributed by atoms with E-state index in [0.717, 1.165) is 23.5 Å². The zero-order chi connectivity index (χ0) is 12.4. The van der Waals surface area contributed by atoms with Crippen molar-refractivity contribution in [3.8, 4) is 5.75 Å². The van der Waals surface area contributed by atoms with Crippen molar-refractivity contribution in [3.63, 3.8) is 0 Å². The van der Waals surface area contributed by atoms with E-state index in [2.05, 4.69) is 0 Å². The third-order valence-electron chi connectivity index (χ3n) is 3.07. The van der Waals surface area contributed by atoms with Gasteiger partial charge in [-0.2, -0.15) is 0 Å². The highest BCUT2D eigenvalue weighted by molar-refractivity contribution is 6.00. The van der Waals surface area contributed by atoms with Crippen LogP contribution in [0, 0.1) is 19.8 Å². The Bertz CT molecular complexity index is 436. The van der Waals surface area contributed by atoms with Crippen LogP contribution in [0.1, 0.15) is 34.3 Å². The molecule has 0 bridgehead atoms. The molecule has 0 aliphatic heterocycles. The van der Waals surface area contributed by atoms with Crippen LogP contribution < -0.4 is 10.5 Å². The monoisotopic (exact) mass is 233 g/mol. The van der Waals surface area contributed by atoms with E-state index in [0.29, 0.717) is 11.5 Å². The fraction of sp³-hybridized carbons (Fsp3) is 0.500. The lowest BCUT2D eigenvalue weighted by Gasteiger charge is -2.14. The number of rotatable bonds is 5. The molecule has 0 radical (unpaired) electrons. The molecule has 92 valence electrons. The maximum absolute atomic E-state index is 11.8. The summed E-state index contributed by atoms with van der Waals surface area (Å²) in [6, 6.07) is 3.90. The van der Waals surface area contributed by atoms with Crippen molar-refractivity contribution in [1.29, 1.82) is 0 Å². The lowest BCUT2D eigenvalue weighted by atomic mass is 10.0. The molecule has 0 saturated heterocycles.